The van der Waals surface area contributed by atoms with Crippen LogP contribution in [-0.4, -0.2) is 26.8 Å². The summed E-state index contributed by atoms with van der Waals surface area (Å²) >= 11 is 0. The van der Waals surface area contributed by atoms with Crippen molar-refractivity contribution in [2.24, 2.45) is 0 Å². The highest BCUT2D eigenvalue weighted by atomic mass is 19.1. The minimum Gasteiger partial charge on any atom is -0.479 e. The van der Waals surface area contributed by atoms with Crippen molar-refractivity contribution in [2.45, 2.75) is 52.6 Å². The number of aryl methyl sites for hydroxylation is 2. The SMILES string of the molecule is CCC(CC)n1nc(C(=O)NC(C(=O)O)c2ccc(F)c(C)c2)cc1C. The third kappa shape index (κ3) is 4.09. The Kier molecular flexibility index (Phi) is 6.13. The Hall–Kier alpha value is -2.70. The standard InChI is InChI=1S/C19H24FN3O3/c1-5-14(6-2)23-12(4)10-16(22-23)18(24)21-17(19(25)26)13-7-8-15(20)11(3)9-13/h7-10,14,17H,5-6H2,1-4H3,(H,21,24)(H,25,26). The molecule has 26 heavy (non-hydrogen) atoms. The van der Waals surface area contributed by atoms with Crippen molar-refractivity contribution in [3.63, 3.8) is 0 Å². The topological polar surface area (TPSA) is 84.2 Å². The van der Waals surface area contributed by atoms with Crippen molar-refractivity contribution in [2.75, 3.05) is 0 Å². The molecule has 0 saturated carbocycles. The highest BCUT2D eigenvalue weighted by Crippen LogP contribution is 2.20. The maximum absolute atomic E-state index is 13.4. The van der Waals surface area contributed by atoms with Crippen molar-refractivity contribution in [3.05, 3.63) is 52.6 Å². The van der Waals surface area contributed by atoms with Crippen LogP contribution in [0.3, 0.4) is 0 Å². The molecule has 0 saturated heterocycles. The minimum atomic E-state index is -1.28. The Balaban J connectivity index is 2.27. The number of rotatable bonds is 7. The molecule has 1 amide bonds. The smallest absolute Gasteiger partial charge is 0.330 e. The minimum absolute atomic E-state index is 0.166. The van der Waals surface area contributed by atoms with Crippen LogP contribution < -0.4 is 5.32 Å². The lowest BCUT2D eigenvalue weighted by Gasteiger charge is -2.16. The van der Waals surface area contributed by atoms with E-state index >= 15 is 0 Å². The second-order valence-corrected chi connectivity index (χ2v) is 6.34. The third-order valence-electron chi connectivity index (χ3n) is 4.48. The number of aromatic nitrogens is 2. The zero-order valence-electron chi connectivity index (χ0n) is 15.4. The van der Waals surface area contributed by atoms with E-state index in [1.165, 1.54) is 18.2 Å². The van der Waals surface area contributed by atoms with Crippen LogP contribution in [-0.2, 0) is 4.79 Å². The van der Waals surface area contributed by atoms with Gasteiger partial charge in [0.25, 0.3) is 5.91 Å². The number of carbonyl (C=O) groups excluding carboxylic acids is 1. The summed E-state index contributed by atoms with van der Waals surface area (Å²) in [6.07, 6.45) is 1.76. The molecule has 0 aliphatic heterocycles. The Bertz CT molecular complexity index is 812. The Morgan fingerprint density at radius 3 is 2.42 bits per heavy atom. The highest BCUT2D eigenvalue weighted by Gasteiger charge is 2.25. The molecular weight excluding hydrogens is 337 g/mol. The Morgan fingerprint density at radius 1 is 1.23 bits per heavy atom. The quantitative estimate of drug-likeness (QED) is 0.790. The molecule has 0 bridgehead atoms. The predicted octanol–water partition coefficient (Wildman–Crippen LogP) is 3.56. The van der Waals surface area contributed by atoms with Gasteiger partial charge in [0.05, 0.1) is 6.04 Å². The second-order valence-electron chi connectivity index (χ2n) is 6.34. The summed E-state index contributed by atoms with van der Waals surface area (Å²) in [5.74, 6) is -2.23. The summed E-state index contributed by atoms with van der Waals surface area (Å²) in [6.45, 7) is 7.50. The van der Waals surface area contributed by atoms with E-state index in [1.54, 1.807) is 17.7 Å². The molecule has 2 N–H and O–H groups in total. The van der Waals surface area contributed by atoms with Crippen LogP contribution in [0.2, 0.25) is 0 Å². The number of carbonyl (C=O) groups is 2. The van der Waals surface area contributed by atoms with Gasteiger partial charge in [-0.15, -0.1) is 0 Å². The molecule has 1 aromatic heterocycles. The van der Waals surface area contributed by atoms with Gasteiger partial charge in [-0.05, 0) is 49.9 Å². The first kappa shape index (κ1) is 19.6. The molecule has 2 rings (SSSR count). The molecule has 1 atom stereocenters. The first-order valence-electron chi connectivity index (χ1n) is 8.64. The fourth-order valence-corrected chi connectivity index (χ4v) is 2.94. The average molecular weight is 361 g/mol. The van der Waals surface area contributed by atoms with Gasteiger partial charge in [-0.2, -0.15) is 5.10 Å². The number of carboxylic acids is 1. The van der Waals surface area contributed by atoms with E-state index in [4.69, 9.17) is 0 Å². The van der Waals surface area contributed by atoms with Gasteiger partial charge in [-0.1, -0.05) is 26.0 Å². The normalized spacial score (nSPS) is 12.2. The van der Waals surface area contributed by atoms with Crippen LogP contribution in [0, 0.1) is 19.7 Å². The molecule has 140 valence electrons. The number of nitrogens with zero attached hydrogens (tertiary/aromatic N) is 2. The van der Waals surface area contributed by atoms with E-state index in [9.17, 15) is 19.1 Å². The maximum atomic E-state index is 13.4. The van der Waals surface area contributed by atoms with Crippen molar-refractivity contribution < 1.29 is 19.1 Å². The molecule has 0 aliphatic rings. The van der Waals surface area contributed by atoms with Gasteiger partial charge >= 0.3 is 5.97 Å². The molecule has 1 unspecified atom stereocenters. The van der Waals surface area contributed by atoms with Gasteiger partial charge in [0.2, 0.25) is 0 Å². The van der Waals surface area contributed by atoms with Crippen molar-refractivity contribution in [1.82, 2.24) is 15.1 Å². The van der Waals surface area contributed by atoms with Crippen LogP contribution in [0.15, 0.2) is 24.3 Å². The molecule has 7 heteroatoms. The molecule has 6 nitrogen and oxygen atoms in total. The van der Waals surface area contributed by atoms with Crippen LogP contribution in [0.1, 0.15) is 66.1 Å². The fourth-order valence-electron chi connectivity index (χ4n) is 2.94. The number of halogens is 1. The van der Waals surface area contributed by atoms with E-state index in [2.05, 4.69) is 10.4 Å². The summed E-state index contributed by atoms with van der Waals surface area (Å²) in [7, 11) is 0. The van der Waals surface area contributed by atoms with Crippen LogP contribution in [0.4, 0.5) is 4.39 Å². The first-order chi connectivity index (χ1) is 12.3. The second kappa shape index (κ2) is 8.12. The van der Waals surface area contributed by atoms with Gasteiger partial charge in [0.15, 0.2) is 6.04 Å². The Morgan fingerprint density at radius 2 is 1.88 bits per heavy atom. The van der Waals surface area contributed by atoms with E-state index in [0.29, 0.717) is 11.1 Å². The number of benzene rings is 1. The lowest BCUT2D eigenvalue weighted by Crippen LogP contribution is -2.34. The summed E-state index contributed by atoms with van der Waals surface area (Å²) in [6, 6.07) is 4.52. The van der Waals surface area contributed by atoms with Crippen LogP contribution in [0.5, 0.6) is 0 Å². The van der Waals surface area contributed by atoms with E-state index in [-0.39, 0.29) is 11.7 Å². The van der Waals surface area contributed by atoms with Crippen molar-refractivity contribution in [1.29, 1.82) is 0 Å². The first-order valence-corrected chi connectivity index (χ1v) is 8.64. The molecule has 1 heterocycles. The average Bonchev–Trinajstić information content (AvgIpc) is 2.98. The summed E-state index contributed by atoms with van der Waals surface area (Å²) in [5.41, 5.74) is 1.63. The lowest BCUT2D eigenvalue weighted by molar-refractivity contribution is -0.139. The third-order valence-corrected chi connectivity index (χ3v) is 4.48. The van der Waals surface area contributed by atoms with E-state index < -0.39 is 23.7 Å². The van der Waals surface area contributed by atoms with E-state index in [0.717, 1.165) is 18.5 Å². The molecule has 1 aromatic carbocycles. The van der Waals surface area contributed by atoms with Gasteiger partial charge in [0.1, 0.15) is 11.5 Å². The number of nitrogens with one attached hydrogen (secondary N) is 1. The summed E-state index contributed by atoms with van der Waals surface area (Å²) in [4.78, 5) is 24.1. The molecule has 0 fully saturated rings. The van der Waals surface area contributed by atoms with Crippen LogP contribution in [0.25, 0.3) is 0 Å². The lowest BCUT2D eigenvalue weighted by atomic mass is 10.0. The summed E-state index contributed by atoms with van der Waals surface area (Å²) in [5, 5.41) is 16.3. The van der Waals surface area contributed by atoms with Gasteiger partial charge in [-0.25, -0.2) is 9.18 Å². The van der Waals surface area contributed by atoms with Crippen LogP contribution >= 0.6 is 0 Å². The van der Waals surface area contributed by atoms with E-state index in [1.807, 2.05) is 20.8 Å². The van der Waals surface area contributed by atoms with Gasteiger partial charge in [-0.3, -0.25) is 9.48 Å². The molecule has 0 spiro atoms. The number of carboxylic acid groups (broad SMARTS) is 1. The summed E-state index contributed by atoms with van der Waals surface area (Å²) < 4.78 is 15.2. The predicted molar refractivity (Wildman–Crippen MR) is 95.6 cm³/mol. The fraction of sp³-hybridized carbons (Fsp3) is 0.421. The van der Waals surface area contributed by atoms with Crippen molar-refractivity contribution >= 4 is 11.9 Å². The van der Waals surface area contributed by atoms with Gasteiger partial charge in [0, 0.05) is 5.69 Å². The molecular formula is C19H24FN3O3. The Labute approximate surface area is 152 Å². The highest BCUT2D eigenvalue weighted by molar-refractivity contribution is 5.95. The largest absolute Gasteiger partial charge is 0.479 e. The molecule has 0 aliphatic carbocycles. The number of aliphatic carboxylic acids is 1. The zero-order chi connectivity index (χ0) is 19.4. The molecule has 2 aromatic rings. The number of hydrogen-bond donors (Lipinski definition) is 2. The zero-order valence-corrected chi connectivity index (χ0v) is 15.4. The maximum Gasteiger partial charge on any atom is 0.330 e. The van der Waals surface area contributed by atoms with Crippen molar-refractivity contribution in [3.8, 4) is 0 Å². The monoisotopic (exact) mass is 361 g/mol. The van der Waals surface area contributed by atoms with Gasteiger partial charge < -0.3 is 10.4 Å². The number of amides is 1. The molecule has 0 radical (unpaired) electrons. The number of hydrogen-bond acceptors (Lipinski definition) is 3.